The summed E-state index contributed by atoms with van der Waals surface area (Å²) >= 11 is 5.69. The van der Waals surface area contributed by atoms with Gasteiger partial charge in [-0.3, -0.25) is 0 Å². The molecular formula is C15H15BrOS. The summed E-state index contributed by atoms with van der Waals surface area (Å²) in [5, 5.41) is 0. The van der Waals surface area contributed by atoms with E-state index in [0.717, 1.165) is 18.8 Å². The first-order valence-electron chi connectivity index (χ1n) is 6.12. The van der Waals surface area contributed by atoms with Gasteiger partial charge in [-0.25, -0.2) is 0 Å². The molecule has 0 saturated heterocycles. The molecule has 0 fully saturated rings. The van der Waals surface area contributed by atoms with Crippen LogP contribution in [0.3, 0.4) is 0 Å². The molecule has 1 unspecified atom stereocenters. The van der Waals surface area contributed by atoms with Crippen LogP contribution in [0, 0.1) is 13.8 Å². The average molecular weight is 323 g/mol. The van der Waals surface area contributed by atoms with Crippen molar-refractivity contribution in [3.63, 3.8) is 0 Å². The summed E-state index contributed by atoms with van der Waals surface area (Å²) in [5.74, 6) is 1.05. The van der Waals surface area contributed by atoms with E-state index in [9.17, 15) is 0 Å². The smallest absolute Gasteiger partial charge is 0.122 e. The second-order valence-electron chi connectivity index (χ2n) is 4.72. The molecule has 1 aromatic heterocycles. The molecule has 1 nitrogen and oxygen atoms in total. The highest BCUT2D eigenvalue weighted by Crippen LogP contribution is 2.38. The minimum atomic E-state index is 0.292. The van der Waals surface area contributed by atoms with Gasteiger partial charge in [0.05, 0.1) is 11.4 Å². The largest absolute Gasteiger partial charge is 0.493 e. The van der Waals surface area contributed by atoms with Gasteiger partial charge < -0.3 is 4.74 Å². The van der Waals surface area contributed by atoms with Gasteiger partial charge in [-0.15, -0.1) is 11.3 Å². The van der Waals surface area contributed by atoms with Crippen LogP contribution in [0.5, 0.6) is 5.75 Å². The molecule has 0 spiro atoms. The van der Waals surface area contributed by atoms with Gasteiger partial charge in [-0.05, 0) is 42.7 Å². The van der Waals surface area contributed by atoms with E-state index in [1.807, 2.05) is 11.3 Å². The molecule has 0 saturated carbocycles. The third-order valence-electron chi connectivity index (χ3n) is 3.44. The number of aryl methyl sites for hydroxylation is 2. The normalized spacial score (nSPS) is 15.3. The van der Waals surface area contributed by atoms with Gasteiger partial charge in [0.15, 0.2) is 0 Å². The summed E-state index contributed by atoms with van der Waals surface area (Å²) in [6.07, 6.45) is 1.03. The molecule has 1 aliphatic heterocycles. The molecule has 0 radical (unpaired) electrons. The molecule has 2 aromatic rings. The molecule has 1 aromatic carbocycles. The predicted molar refractivity (Wildman–Crippen MR) is 80.2 cm³/mol. The van der Waals surface area contributed by atoms with Crippen LogP contribution in [0.15, 0.2) is 24.3 Å². The number of benzene rings is 1. The van der Waals surface area contributed by atoms with E-state index in [4.69, 9.17) is 4.74 Å². The summed E-state index contributed by atoms with van der Waals surface area (Å²) in [4.78, 5) is 3.07. The molecule has 0 bridgehead atoms. The van der Waals surface area contributed by atoms with Gasteiger partial charge in [0.1, 0.15) is 5.75 Å². The van der Waals surface area contributed by atoms with E-state index in [1.54, 1.807) is 0 Å². The lowest BCUT2D eigenvalue weighted by atomic mass is 10.1. The van der Waals surface area contributed by atoms with E-state index in [0.29, 0.717) is 4.83 Å². The molecule has 0 amide bonds. The molecular weight excluding hydrogens is 308 g/mol. The van der Waals surface area contributed by atoms with Gasteiger partial charge in [0, 0.05) is 16.2 Å². The Kier molecular flexibility index (Phi) is 3.20. The third kappa shape index (κ3) is 2.10. The number of rotatable bonds is 2. The van der Waals surface area contributed by atoms with Gasteiger partial charge in [-0.1, -0.05) is 28.1 Å². The third-order valence-corrected chi connectivity index (χ3v) is 5.98. The van der Waals surface area contributed by atoms with Crippen LogP contribution in [-0.4, -0.2) is 6.61 Å². The molecule has 0 aliphatic carbocycles. The maximum Gasteiger partial charge on any atom is 0.122 e. The Bertz CT molecular complexity index is 569. The molecule has 3 rings (SSSR count). The SMILES string of the molecule is Cc1cc(C(Br)c2ccc3c(c2)CCO3)sc1C. The second kappa shape index (κ2) is 4.71. The number of hydrogen-bond donors (Lipinski definition) is 0. The summed E-state index contributed by atoms with van der Waals surface area (Å²) in [7, 11) is 0. The summed E-state index contributed by atoms with van der Waals surface area (Å²) in [5.41, 5.74) is 4.03. The van der Waals surface area contributed by atoms with Crippen LogP contribution in [0.4, 0.5) is 0 Å². The van der Waals surface area contributed by atoms with Crippen LogP contribution in [-0.2, 0) is 6.42 Å². The number of halogens is 1. The lowest BCUT2D eigenvalue weighted by molar-refractivity contribution is 0.357. The Morgan fingerprint density at radius 2 is 2.11 bits per heavy atom. The number of hydrogen-bond acceptors (Lipinski definition) is 2. The van der Waals surface area contributed by atoms with Crippen molar-refractivity contribution in [2.75, 3.05) is 6.61 Å². The van der Waals surface area contributed by atoms with Crippen LogP contribution >= 0.6 is 27.3 Å². The van der Waals surface area contributed by atoms with Crippen molar-refractivity contribution in [3.05, 3.63) is 50.7 Å². The number of alkyl halides is 1. The van der Waals surface area contributed by atoms with E-state index in [-0.39, 0.29) is 0 Å². The van der Waals surface area contributed by atoms with Gasteiger partial charge in [0.2, 0.25) is 0 Å². The first-order chi connectivity index (χ1) is 8.65. The number of ether oxygens (including phenoxy) is 1. The summed E-state index contributed by atoms with van der Waals surface area (Å²) in [6, 6.07) is 8.81. The van der Waals surface area contributed by atoms with Crippen LogP contribution in [0.25, 0.3) is 0 Å². The zero-order valence-electron chi connectivity index (χ0n) is 10.5. The zero-order valence-corrected chi connectivity index (χ0v) is 12.9. The fourth-order valence-corrected chi connectivity index (χ4v) is 4.00. The van der Waals surface area contributed by atoms with Crippen LogP contribution < -0.4 is 4.74 Å². The fraction of sp³-hybridized carbons (Fsp3) is 0.333. The monoisotopic (exact) mass is 322 g/mol. The highest BCUT2D eigenvalue weighted by molar-refractivity contribution is 9.09. The molecule has 94 valence electrons. The lowest BCUT2D eigenvalue weighted by Gasteiger charge is -2.09. The minimum Gasteiger partial charge on any atom is -0.493 e. The Balaban J connectivity index is 1.94. The van der Waals surface area contributed by atoms with Crippen LogP contribution in [0.2, 0.25) is 0 Å². The molecule has 2 heterocycles. The van der Waals surface area contributed by atoms with Crippen molar-refractivity contribution in [2.24, 2.45) is 0 Å². The minimum absolute atomic E-state index is 0.292. The second-order valence-corrected chi connectivity index (χ2v) is 6.92. The Morgan fingerprint density at radius 3 is 2.83 bits per heavy atom. The zero-order chi connectivity index (χ0) is 12.7. The quantitative estimate of drug-likeness (QED) is 0.723. The first kappa shape index (κ1) is 12.2. The highest BCUT2D eigenvalue weighted by Gasteiger charge is 2.18. The summed E-state index contributed by atoms with van der Waals surface area (Å²) in [6.45, 7) is 5.17. The van der Waals surface area contributed by atoms with Crippen molar-refractivity contribution in [3.8, 4) is 5.75 Å². The van der Waals surface area contributed by atoms with Crippen molar-refractivity contribution < 1.29 is 4.74 Å². The van der Waals surface area contributed by atoms with Gasteiger partial charge in [-0.2, -0.15) is 0 Å². The predicted octanol–water partition coefficient (Wildman–Crippen LogP) is 4.78. The molecule has 1 atom stereocenters. The standard InChI is InChI=1S/C15H15BrOS/c1-9-7-14(18-10(9)2)15(16)12-3-4-13-11(8-12)5-6-17-13/h3-4,7-8,15H,5-6H2,1-2H3. The van der Waals surface area contributed by atoms with Crippen LogP contribution in [0.1, 0.15) is 31.3 Å². The maximum atomic E-state index is 5.55. The summed E-state index contributed by atoms with van der Waals surface area (Å²) < 4.78 is 5.55. The van der Waals surface area contributed by atoms with E-state index >= 15 is 0 Å². The highest BCUT2D eigenvalue weighted by atomic mass is 79.9. The van der Waals surface area contributed by atoms with E-state index in [1.165, 1.54) is 26.4 Å². The topological polar surface area (TPSA) is 9.23 Å². The van der Waals surface area contributed by atoms with Crippen molar-refractivity contribution >= 4 is 27.3 Å². The van der Waals surface area contributed by atoms with E-state index in [2.05, 4.69) is 54.0 Å². The number of thiophene rings is 1. The number of fused-ring (bicyclic) bond motifs is 1. The molecule has 1 aliphatic rings. The lowest BCUT2D eigenvalue weighted by Crippen LogP contribution is -1.90. The van der Waals surface area contributed by atoms with Gasteiger partial charge >= 0.3 is 0 Å². The average Bonchev–Trinajstić information content (AvgIpc) is 2.95. The molecule has 3 heteroatoms. The van der Waals surface area contributed by atoms with Crippen molar-refractivity contribution in [2.45, 2.75) is 25.1 Å². The van der Waals surface area contributed by atoms with Gasteiger partial charge in [0.25, 0.3) is 0 Å². The van der Waals surface area contributed by atoms with Crippen molar-refractivity contribution in [1.82, 2.24) is 0 Å². The molecule has 0 N–H and O–H groups in total. The maximum absolute atomic E-state index is 5.55. The first-order valence-corrected chi connectivity index (χ1v) is 7.85. The van der Waals surface area contributed by atoms with Crippen molar-refractivity contribution in [1.29, 1.82) is 0 Å². The Hall–Kier alpha value is -0.800. The van der Waals surface area contributed by atoms with E-state index < -0.39 is 0 Å². The Morgan fingerprint density at radius 1 is 1.28 bits per heavy atom. The fourth-order valence-electron chi connectivity index (χ4n) is 2.26. The molecule has 18 heavy (non-hydrogen) atoms. The Labute approximate surface area is 120 Å².